The van der Waals surface area contributed by atoms with Gasteiger partial charge in [0.1, 0.15) is 0 Å². The lowest BCUT2D eigenvalue weighted by Gasteiger charge is -2.11. The van der Waals surface area contributed by atoms with Crippen LogP contribution >= 0.6 is 0 Å². The molecular formula is C27H22N6O2. The molecule has 8 heteroatoms. The standard InChI is InChI=1S/C27H22N6O2/c1-17(34)30-23-4-2-3-21(15-23)18-5-7-19(8-6-18)25-16-24-13-14-29-33(24)27(32-25)31-22-11-9-20(10-12-22)26(28)35/h2-16H,1H3,(H2,28,35)(H,30,34)(H,31,32). The maximum absolute atomic E-state index is 11.4. The summed E-state index contributed by atoms with van der Waals surface area (Å²) >= 11 is 0. The van der Waals surface area contributed by atoms with Crippen molar-refractivity contribution in [1.82, 2.24) is 14.6 Å². The molecule has 0 saturated heterocycles. The number of rotatable bonds is 6. The van der Waals surface area contributed by atoms with Crippen LogP contribution in [0.25, 0.3) is 27.9 Å². The van der Waals surface area contributed by atoms with E-state index in [4.69, 9.17) is 10.7 Å². The second kappa shape index (κ2) is 9.11. The molecule has 172 valence electrons. The highest BCUT2D eigenvalue weighted by atomic mass is 16.1. The number of benzene rings is 3. The number of anilines is 3. The molecular weight excluding hydrogens is 440 g/mol. The summed E-state index contributed by atoms with van der Waals surface area (Å²) in [7, 11) is 0. The van der Waals surface area contributed by atoms with Gasteiger partial charge in [-0.05, 0) is 59.7 Å². The van der Waals surface area contributed by atoms with Crippen LogP contribution in [0.15, 0.2) is 91.1 Å². The van der Waals surface area contributed by atoms with Gasteiger partial charge in [-0.15, -0.1) is 0 Å². The number of aromatic nitrogens is 3. The van der Waals surface area contributed by atoms with Gasteiger partial charge in [0, 0.05) is 29.4 Å². The fourth-order valence-electron chi connectivity index (χ4n) is 3.82. The summed E-state index contributed by atoms with van der Waals surface area (Å²) in [5.74, 6) is -0.0371. The van der Waals surface area contributed by atoms with Crippen molar-refractivity contribution in [3.05, 3.63) is 96.7 Å². The zero-order valence-corrected chi connectivity index (χ0v) is 18.9. The van der Waals surface area contributed by atoms with E-state index in [9.17, 15) is 9.59 Å². The van der Waals surface area contributed by atoms with Crippen LogP contribution in [0.3, 0.4) is 0 Å². The van der Waals surface area contributed by atoms with Crippen LogP contribution < -0.4 is 16.4 Å². The molecule has 0 radical (unpaired) electrons. The highest BCUT2D eigenvalue weighted by molar-refractivity contribution is 5.93. The Labute approximate surface area is 201 Å². The van der Waals surface area contributed by atoms with Gasteiger partial charge in [-0.1, -0.05) is 36.4 Å². The van der Waals surface area contributed by atoms with Gasteiger partial charge in [0.25, 0.3) is 0 Å². The fraction of sp³-hybridized carbons (Fsp3) is 0.0370. The molecule has 0 fully saturated rings. The Bertz CT molecular complexity index is 1540. The van der Waals surface area contributed by atoms with Gasteiger partial charge < -0.3 is 16.4 Å². The van der Waals surface area contributed by atoms with Gasteiger partial charge >= 0.3 is 0 Å². The van der Waals surface area contributed by atoms with Gasteiger partial charge in [-0.3, -0.25) is 9.59 Å². The quantitative estimate of drug-likeness (QED) is 0.333. The summed E-state index contributed by atoms with van der Waals surface area (Å²) in [5, 5.41) is 10.5. The molecule has 0 aliphatic heterocycles. The number of carbonyl (C=O) groups excluding carboxylic acids is 2. The number of nitrogens with zero attached hydrogens (tertiary/aromatic N) is 3. The minimum absolute atomic E-state index is 0.105. The van der Waals surface area contributed by atoms with E-state index in [1.54, 1.807) is 35.0 Å². The lowest BCUT2D eigenvalue weighted by atomic mass is 10.0. The fourth-order valence-corrected chi connectivity index (χ4v) is 3.82. The Morgan fingerprint density at radius 1 is 0.829 bits per heavy atom. The average Bonchev–Trinajstić information content (AvgIpc) is 3.33. The van der Waals surface area contributed by atoms with Crippen molar-refractivity contribution in [2.24, 2.45) is 5.73 Å². The Hall–Kier alpha value is -4.98. The van der Waals surface area contributed by atoms with Crippen molar-refractivity contribution < 1.29 is 9.59 Å². The van der Waals surface area contributed by atoms with Crippen molar-refractivity contribution in [3.63, 3.8) is 0 Å². The van der Waals surface area contributed by atoms with Crippen molar-refractivity contribution in [2.75, 3.05) is 10.6 Å². The second-order valence-electron chi connectivity index (χ2n) is 8.04. The molecule has 0 unspecified atom stereocenters. The molecule has 2 heterocycles. The third-order valence-corrected chi connectivity index (χ3v) is 5.51. The summed E-state index contributed by atoms with van der Waals surface area (Å²) in [6.07, 6.45) is 1.72. The number of amides is 2. The molecule has 5 rings (SSSR count). The minimum Gasteiger partial charge on any atom is -0.366 e. The largest absolute Gasteiger partial charge is 0.366 e. The van der Waals surface area contributed by atoms with Crippen LogP contribution in [-0.4, -0.2) is 26.4 Å². The number of nitrogens with two attached hydrogens (primary N) is 1. The van der Waals surface area contributed by atoms with Gasteiger partial charge in [-0.2, -0.15) is 5.10 Å². The van der Waals surface area contributed by atoms with Crippen LogP contribution in [0.5, 0.6) is 0 Å². The first-order chi connectivity index (χ1) is 17.0. The number of nitrogens with one attached hydrogen (secondary N) is 2. The number of carbonyl (C=O) groups is 2. The molecule has 0 bridgehead atoms. The van der Waals surface area contributed by atoms with E-state index >= 15 is 0 Å². The van der Waals surface area contributed by atoms with Crippen molar-refractivity contribution in [1.29, 1.82) is 0 Å². The summed E-state index contributed by atoms with van der Waals surface area (Å²) in [6.45, 7) is 1.49. The van der Waals surface area contributed by atoms with Gasteiger partial charge in [0.05, 0.1) is 17.4 Å². The van der Waals surface area contributed by atoms with E-state index < -0.39 is 5.91 Å². The molecule has 35 heavy (non-hydrogen) atoms. The van der Waals surface area contributed by atoms with Crippen LogP contribution in [0.2, 0.25) is 0 Å². The van der Waals surface area contributed by atoms with E-state index in [0.717, 1.165) is 39.3 Å². The summed E-state index contributed by atoms with van der Waals surface area (Å²) in [5.41, 5.74) is 11.9. The Morgan fingerprint density at radius 3 is 2.29 bits per heavy atom. The van der Waals surface area contributed by atoms with E-state index in [0.29, 0.717) is 11.5 Å². The van der Waals surface area contributed by atoms with E-state index in [1.807, 2.05) is 60.7 Å². The maximum atomic E-state index is 11.4. The molecule has 0 aliphatic rings. The summed E-state index contributed by atoms with van der Waals surface area (Å²) in [4.78, 5) is 27.5. The molecule has 0 atom stereocenters. The zero-order chi connectivity index (χ0) is 24.4. The smallest absolute Gasteiger partial charge is 0.248 e. The lowest BCUT2D eigenvalue weighted by molar-refractivity contribution is -0.114. The van der Waals surface area contributed by atoms with Gasteiger partial charge in [0.15, 0.2) is 0 Å². The van der Waals surface area contributed by atoms with Gasteiger partial charge in [0.2, 0.25) is 17.8 Å². The first-order valence-corrected chi connectivity index (χ1v) is 11.0. The molecule has 5 aromatic rings. The number of fused-ring (bicyclic) bond motifs is 1. The molecule has 3 aromatic carbocycles. The van der Waals surface area contributed by atoms with Crippen LogP contribution in [0.4, 0.5) is 17.3 Å². The van der Waals surface area contributed by atoms with Crippen molar-refractivity contribution in [3.8, 4) is 22.4 Å². The minimum atomic E-state index is -0.476. The molecule has 4 N–H and O–H groups in total. The Balaban J connectivity index is 1.45. The Kier molecular flexibility index (Phi) is 5.68. The number of primary amides is 1. The van der Waals surface area contributed by atoms with Crippen LogP contribution in [0, 0.1) is 0 Å². The molecule has 0 spiro atoms. The third-order valence-electron chi connectivity index (χ3n) is 5.51. The summed E-state index contributed by atoms with van der Waals surface area (Å²) in [6, 6.07) is 26.6. The zero-order valence-electron chi connectivity index (χ0n) is 18.9. The molecule has 8 nitrogen and oxygen atoms in total. The first-order valence-electron chi connectivity index (χ1n) is 11.0. The topological polar surface area (TPSA) is 114 Å². The van der Waals surface area contributed by atoms with E-state index in [1.165, 1.54) is 6.92 Å². The number of hydrogen-bond acceptors (Lipinski definition) is 5. The summed E-state index contributed by atoms with van der Waals surface area (Å²) < 4.78 is 1.72. The van der Waals surface area contributed by atoms with Crippen molar-refractivity contribution in [2.45, 2.75) is 6.92 Å². The number of hydrogen-bond donors (Lipinski definition) is 3. The van der Waals surface area contributed by atoms with E-state index in [-0.39, 0.29) is 5.91 Å². The monoisotopic (exact) mass is 462 g/mol. The SMILES string of the molecule is CC(=O)Nc1cccc(-c2ccc(-c3cc4ccnn4c(Nc4ccc(C(N)=O)cc4)n3)cc2)c1. The Morgan fingerprint density at radius 2 is 1.57 bits per heavy atom. The van der Waals surface area contributed by atoms with Crippen molar-refractivity contribution >= 4 is 34.7 Å². The molecule has 0 saturated carbocycles. The van der Waals surface area contributed by atoms with Crippen LogP contribution in [0.1, 0.15) is 17.3 Å². The van der Waals surface area contributed by atoms with Gasteiger partial charge in [-0.25, -0.2) is 9.50 Å². The maximum Gasteiger partial charge on any atom is 0.248 e. The van der Waals surface area contributed by atoms with E-state index in [2.05, 4.69) is 15.7 Å². The predicted molar refractivity (Wildman–Crippen MR) is 136 cm³/mol. The highest BCUT2D eigenvalue weighted by Crippen LogP contribution is 2.28. The second-order valence-corrected chi connectivity index (χ2v) is 8.04. The molecule has 2 amide bonds. The predicted octanol–water partition coefficient (Wildman–Crippen LogP) is 4.86. The average molecular weight is 463 g/mol. The first kappa shape index (κ1) is 21.8. The molecule has 0 aliphatic carbocycles. The van der Waals surface area contributed by atoms with Crippen LogP contribution in [-0.2, 0) is 4.79 Å². The highest BCUT2D eigenvalue weighted by Gasteiger charge is 2.10. The normalized spacial score (nSPS) is 10.8. The lowest BCUT2D eigenvalue weighted by Crippen LogP contribution is -2.10. The molecule has 2 aromatic heterocycles. The third kappa shape index (κ3) is 4.72.